The van der Waals surface area contributed by atoms with E-state index in [2.05, 4.69) is 23.2 Å². The van der Waals surface area contributed by atoms with Gasteiger partial charge in [-0.25, -0.2) is 13.2 Å². The van der Waals surface area contributed by atoms with Gasteiger partial charge >= 0.3 is 6.09 Å². The molecule has 0 aromatic rings. The van der Waals surface area contributed by atoms with Crippen LogP contribution in [0, 0.1) is 5.92 Å². The third-order valence-corrected chi connectivity index (χ3v) is 7.89. The van der Waals surface area contributed by atoms with Crippen LogP contribution in [0.3, 0.4) is 0 Å². The molecule has 152 valence electrons. The number of carbonyl (C=O) groups excluding carboxylic acids is 1. The van der Waals surface area contributed by atoms with Gasteiger partial charge in [0.25, 0.3) is 5.91 Å². The molecule has 0 unspecified atom stereocenters. The average molecular weight is 399 g/mol. The Bertz CT molecular complexity index is 699. The SMILES string of the molecule is C=CCCCCCCCC1(S(=O)(=O)NC(=O)[C@@]2(NC(=O)O)C[C@H]2C=C)CC1. The van der Waals surface area contributed by atoms with Gasteiger partial charge < -0.3 is 10.4 Å². The summed E-state index contributed by atoms with van der Waals surface area (Å²) in [7, 11) is -3.84. The van der Waals surface area contributed by atoms with E-state index in [9.17, 15) is 18.0 Å². The molecule has 0 bridgehead atoms. The Morgan fingerprint density at radius 3 is 2.26 bits per heavy atom. The van der Waals surface area contributed by atoms with Crippen LogP contribution in [-0.4, -0.2) is 35.8 Å². The van der Waals surface area contributed by atoms with Crippen molar-refractivity contribution in [1.29, 1.82) is 0 Å². The molecule has 2 rings (SSSR count). The third kappa shape index (κ3) is 4.91. The van der Waals surface area contributed by atoms with Gasteiger partial charge in [-0.2, -0.15) is 0 Å². The maximum absolute atomic E-state index is 12.7. The standard InChI is InChI=1S/C19H30N2O5S/c1-3-5-6-7-8-9-10-11-18(12-13-18)27(25,26)21-16(22)19(20-17(23)24)14-15(19)4-2/h3-4,15,20H,1-2,5-14H2,(H,21,22)(H,23,24)/t15-,19-/m1/s1. The summed E-state index contributed by atoms with van der Waals surface area (Å²) in [6, 6.07) is 0. The van der Waals surface area contributed by atoms with E-state index in [1.165, 1.54) is 6.08 Å². The minimum absolute atomic E-state index is 0.224. The van der Waals surface area contributed by atoms with Crippen LogP contribution in [0.15, 0.2) is 25.3 Å². The topological polar surface area (TPSA) is 113 Å². The van der Waals surface area contributed by atoms with Crippen molar-refractivity contribution in [3.63, 3.8) is 0 Å². The first kappa shape index (κ1) is 21.5. The van der Waals surface area contributed by atoms with Gasteiger partial charge in [-0.15, -0.1) is 13.2 Å². The Hall–Kier alpha value is -1.83. The lowest BCUT2D eigenvalue weighted by molar-refractivity contribution is -0.122. The number of hydrogen-bond donors (Lipinski definition) is 3. The monoisotopic (exact) mass is 398 g/mol. The van der Waals surface area contributed by atoms with Gasteiger partial charge in [-0.1, -0.05) is 37.8 Å². The summed E-state index contributed by atoms with van der Waals surface area (Å²) in [5, 5.41) is 11.1. The lowest BCUT2D eigenvalue weighted by atomic mass is 10.1. The zero-order valence-electron chi connectivity index (χ0n) is 15.7. The summed E-state index contributed by atoms with van der Waals surface area (Å²) in [5.41, 5.74) is -1.41. The van der Waals surface area contributed by atoms with Crippen molar-refractivity contribution in [2.75, 3.05) is 0 Å². The largest absolute Gasteiger partial charge is 0.465 e. The fourth-order valence-electron chi connectivity index (χ4n) is 3.60. The molecule has 2 amide bonds. The van der Waals surface area contributed by atoms with Crippen molar-refractivity contribution in [2.45, 2.75) is 74.5 Å². The Morgan fingerprint density at radius 1 is 1.11 bits per heavy atom. The van der Waals surface area contributed by atoms with E-state index in [1.807, 2.05) is 6.08 Å². The highest BCUT2D eigenvalue weighted by molar-refractivity contribution is 7.91. The second-order valence-corrected chi connectivity index (χ2v) is 9.74. The summed E-state index contributed by atoms with van der Waals surface area (Å²) in [5.74, 6) is -1.19. The smallest absolute Gasteiger partial charge is 0.405 e. The summed E-state index contributed by atoms with van der Waals surface area (Å²) >= 11 is 0. The molecule has 0 aliphatic heterocycles. The van der Waals surface area contributed by atoms with Crippen LogP contribution in [0.2, 0.25) is 0 Å². The van der Waals surface area contributed by atoms with E-state index in [0.717, 1.165) is 38.5 Å². The van der Waals surface area contributed by atoms with Gasteiger partial charge in [-0.3, -0.25) is 9.52 Å². The summed E-state index contributed by atoms with van der Waals surface area (Å²) in [6.07, 6.45) is 9.88. The maximum atomic E-state index is 12.7. The fraction of sp³-hybridized carbons (Fsp3) is 0.684. The van der Waals surface area contributed by atoms with Gasteiger partial charge in [0.1, 0.15) is 5.54 Å². The van der Waals surface area contributed by atoms with Gasteiger partial charge in [0.15, 0.2) is 0 Å². The molecule has 2 atom stereocenters. The molecule has 2 fully saturated rings. The molecule has 0 radical (unpaired) electrons. The molecule has 0 aromatic carbocycles. The summed E-state index contributed by atoms with van der Waals surface area (Å²) in [4.78, 5) is 23.5. The van der Waals surface area contributed by atoms with Crippen LogP contribution in [0.4, 0.5) is 4.79 Å². The van der Waals surface area contributed by atoms with Crippen molar-refractivity contribution < 1.29 is 23.1 Å². The van der Waals surface area contributed by atoms with Crippen molar-refractivity contribution >= 4 is 22.0 Å². The Morgan fingerprint density at radius 2 is 1.74 bits per heavy atom. The second-order valence-electron chi connectivity index (χ2n) is 7.66. The number of unbranched alkanes of at least 4 members (excludes halogenated alkanes) is 5. The molecule has 2 aliphatic rings. The maximum Gasteiger partial charge on any atom is 0.405 e. The number of rotatable bonds is 13. The molecule has 3 N–H and O–H groups in total. The van der Waals surface area contributed by atoms with Crippen molar-refractivity contribution in [3.8, 4) is 0 Å². The quantitative estimate of drug-likeness (QED) is 0.326. The molecule has 2 aliphatic carbocycles. The van der Waals surface area contributed by atoms with Crippen LogP contribution < -0.4 is 10.0 Å². The number of carboxylic acid groups (broad SMARTS) is 1. The number of allylic oxidation sites excluding steroid dienone is 1. The van der Waals surface area contributed by atoms with Gasteiger partial charge in [-0.05, 0) is 38.5 Å². The minimum atomic E-state index is -3.84. The number of sulfonamides is 1. The first-order chi connectivity index (χ1) is 12.7. The summed E-state index contributed by atoms with van der Waals surface area (Å²) < 4.78 is 26.7. The molecule has 2 saturated carbocycles. The van der Waals surface area contributed by atoms with Gasteiger partial charge in [0.2, 0.25) is 10.0 Å². The Kier molecular flexibility index (Phi) is 6.72. The van der Waals surface area contributed by atoms with Crippen LogP contribution in [0.5, 0.6) is 0 Å². The van der Waals surface area contributed by atoms with Crippen LogP contribution >= 0.6 is 0 Å². The normalized spacial score (nSPS) is 25.3. The number of carbonyl (C=O) groups is 2. The lowest BCUT2D eigenvalue weighted by Crippen LogP contribution is -2.53. The number of nitrogens with one attached hydrogen (secondary N) is 2. The molecule has 0 heterocycles. The predicted octanol–water partition coefficient (Wildman–Crippen LogP) is 3.09. The van der Waals surface area contributed by atoms with E-state index >= 15 is 0 Å². The lowest BCUT2D eigenvalue weighted by Gasteiger charge is -2.21. The Balaban J connectivity index is 1.87. The number of hydrogen-bond acceptors (Lipinski definition) is 4. The van der Waals surface area contributed by atoms with Crippen molar-refractivity contribution in [2.24, 2.45) is 5.92 Å². The fourth-order valence-corrected chi connectivity index (χ4v) is 5.30. The third-order valence-electron chi connectivity index (χ3n) is 5.68. The van der Waals surface area contributed by atoms with Crippen LogP contribution in [0.1, 0.15) is 64.2 Å². The average Bonchev–Trinajstić information content (AvgIpc) is 3.49. The van der Waals surface area contributed by atoms with Gasteiger partial charge in [0.05, 0.1) is 4.75 Å². The first-order valence-electron chi connectivity index (χ1n) is 9.54. The van der Waals surface area contributed by atoms with Crippen molar-refractivity contribution in [1.82, 2.24) is 10.0 Å². The highest BCUT2D eigenvalue weighted by Crippen LogP contribution is 2.49. The molecule has 0 saturated heterocycles. The highest BCUT2D eigenvalue weighted by Gasteiger charge is 2.62. The zero-order chi connectivity index (χ0) is 20.1. The zero-order valence-corrected chi connectivity index (χ0v) is 16.5. The van der Waals surface area contributed by atoms with E-state index < -0.39 is 38.2 Å². The summed E-state index contributed by atoms with van der Waals surface area (Å²) in [6.45, 7) is 7.26. The first-order valence-corrected chi connectivity index (χ1v) is 11.0. The molecular weight excluding hydrogens is 368 g/mol. The van der Waals surface area contributed by atoms with E-state index in [1.54, 1.807) is 0 Å². The molecule has 7 nitrogen and oxygen atoms in total. The molecule has 0 spiro atoms. The minimum Gasteiger partial charge on any atom is -0.465 e. The molecule has 8 heteroatoms. The second kappa shape index (κ2) is 8.46. The molecule has 27 heavy (non-hydrogen) atoms. The predicted molar refractivity (Wildman–Crippen MR) is 104 cm³/mol. The van der Waals surface area contributed by atoms with E-state index in [-0.39, 0.29) is 6.42 Å². The molecular formula is C19H30N2O5S. The number of amides is 2. The van der Waals surface area contributed by atoms with Gasteiger partial charge in [0, 0.05) is 5.92 Å². The Labute approximate surface area is 161 Å². The molecule has 0 aromatic heterocycles. The van der Waals surface area contributed by atoms with E-state index in [0.29, 0.717) is 19.3 Å². The van der Waals surface area contributed by atoms with E-state index in [4.69, 9.17) is 5.11 Å². The highest BCUT2D eigenvalue weighted by atomic mass is 32.2. The van der Waals surface area contributed by atoms with Crippen LogP contribution in [-0.2, 0) is 14.8 Å². The van der Waals surface area contributed by atoms with Crippen LogP contribution in [0.25, 0.3) is 0 Å². The van der Waals surface area contributed by atoms with Crippen molar-refractivity contribution in [3.05, 3.63) is 25.3 Å².